The number of aryl methyl sites for hydroxylation is 3. The number of amides is 1. The standard InChI is InChI=1S/C16H15N3OS2/c1-9-17-13(8-21-9)10-5-6-11(7-10)15(20)19-16-18-12-3-2-4-14(12)22-16/h5,7-8H,2-4,6H2,1H3,(H,18,19,20). The molecule has 2 aliphatic carbocycles. The second-order valence-electron chi connectivity index (χ2n) is 5.48. The number of aromatic nitrogens is 2. The van der Waals surface area contributed by atoms with Gasteiger partial charge in [0.2, 0.25) is 0 Å². The molecule has 1 amide bonds. The van der Waals surface area contributed by atoms with Gasteiger partial charge in [0.1, 0.15) is 0 Å². The summed E-state index contributed by atoms with van der Waals surface area (Å²) in [6.07, 6.45) is 7.98. The number of nitrogens with one attached hydrogen (secondary N) is 1. The first-order chi connectivity index (χ1) is 10.7. The summed E-state index contributed by atoms with van der Waals surface area (Å²) in [6, 6.07) is 0. The van der Waals surface area contributed by atoms with E-state index in [0.717, 1.165) is 45.5 Å². The van der Waals surface area contributed by atoms with Gasteiger partial charge >= 0.3 is 0 Å². The van der Waals surface area contributed by atoms with Crippen LogP contribution in [-0.2, 0) is 17.6 Å². The van der Waals surface area contributed by atoms with Crippen LogP contribution in [0.4, 0.5) is 5.13 Å². The summed E-state index contributed by atoms with van der Waals surface area (Å²) in [6.45, 7) is 1.99. The molecule has 6 heteroatoms. The van der Waals surface area contributed by atoms with Crippen molar-refractivity contribution in [3.63, 3.8) is 0 Å². The molecule has 112 valence electrons. The van der Waals surface area contributed by atoms with E-state index in [1.165, 1.54) is 11.3 Å². The van der Waals surface area contributed by atoms with Gasteiger partial charge < -0.3 is 0 Å². The molecule has 0 aromatic carbocycles. The third-order valence-electron chi connectivity index (χ3n) is 3.89. The Morgan fingerprint density at radius 2 is 2.23 bits per heavy atom. The third-order valence-corrected chi connectivity index (χ3v) is 5.74. The highest BCUT2D eigenvalue weighted by Crippen LogP contribution is 2.32. The molecule has 2 aromatic heterocycles. The van der Waals surface area contributed by atoms with Crippen LogP contribution < -0.4 is 5.32 Å². The molecule has 2 heterocycles. The lowest BCUT2D eigenvalue weighted by Gasteiger charge is -2.01. The highest BCUT2D eigenvalue weighted by molar-refractivity contribution is 7.16. The zero-order valence-electron chi connectivity index (χ0n) is 12.2. The van der Waals surface area contributed by atoms with Gasteiger partial charge in [-0.2, -0.15) is 0 Å². The molecule has 0 spiro atoms. The van der Waals surface area contributed by atoms with Crippen molar-refractivity contribution < 1.29 is 4.79 Å². The van der Waals surface area contributed by atoms with Crippen LogP contribution in [0.5, 0.6) is 0 Å². The Labute approximate surface area is 136 Å². The molecule has 0 atom stereocenters. The molecular formula is C16H15N3OS2. The number of thiazole rings is 2. The first-order valence-corrected chi connectivity index (χ1v) is 9.02. The van der Waals surface area contributed by atoms with E-state index in [2.05, 4.69) is 21.4 Å². The van der Waals surface area contributed by atoms with Crippen molar-refractivity contribution in [2.75, 3.05) is 5.32 Å². The molecule has 1 N–H and O–H groups in total. The van der Waals surface area contributed by atoms with E-state index in [1.807, 2.05) is 18.4 Å². The molecule has 2 aliphatic rings. The lowest BCUT2D eigenvalue weighted by atomic mass is 10.2. The van der Waals surface area contributed by atoms with E-state index in [9.17, 15) is 4.79 Å². The van der Waals surface area contributed by atoms with Crippen molar-refractivity contribution in [3.05, 3.63) is 44.4 Å². The van der Waals surface area contributed by atoms with Crippen molar-refractivity contribution in [2.24, 2.45) is 0 Å². The van der Waals surface area contributed by atoms with Gasteiger partial charge in [-0.05, 0) is 44.3 Å². The van der Waals surface area contributed by atoms with E-state index < -0.39 is 0 Å². The minimum absolute atomic E-state index is 0.0503. The Kier molecular flexibility index (Phi) is 3.43. The number of hydrogen-bond donors (Lipinski definition) is 1. The summed E-state index contributed by atoms with van der Waals surface area (Å²) in [5.41, 5.74) is 3.93. The van der Waals surface area contributed by atoms with E-state index in [0.29, 0.717) is 6.42 Å². The van der Waals surface area contributed by atoms with Gasteiger partial charge in [0.25, 0.3) is 5.91 Å². The minimum atomic E-state index is -0.0503. The van der Waals surface area contributed by atoms with Gasteiger partial charge in [0.15, 0.2) is 5.13 Å². The minimum Gasteiger partial charge on any atom is -0.298 e. The second-order valence-corrected chi connectivity index (χ2v) is 7.63. The zero-order chi connectivity index (χ0) is 15.1. The molecule has 0 aliphatic heterocycles. The number of anilines is 1. The molecule has 4 rings (SSSR count). The monoisotopic (exact) mass is 329 g/mol. The van der Waals surface area contributed by atoms with E-state index >= 15 is 0 Å². The van der Waals surface area contributed by atoms with Crippen molar-refractivity contribution in [1.29, 1.82) is 0 Å². The Morgan fingerprint density at radius 1 is 1.32 bits per heavy atom. The number of allylic oxidation sites excluding steroid dienone is 3. The fourth-order valence-corrected chi connectivity index (χ4v) is 4.45. The first-order valence-electron chi connectivity index (χ1n) is 7.32. The molecule has 0 saturated heterocycles. The van der Waals surface area contributed by atoms with Crippen LogP contribution in [0.3, 0.4) is 0 Å². The Morgan fingerprint density at radius 3 is 3.00 bits per heavy atom. The second kappa shape index (κ2) is 5.44. The van der Waals surface area contributed by atoms with Gasteiger partial charge in [-0.15, -0.1) is 22.7 Å². The molecule has 0 radical (unpaired) electrons. The van der Waals surface area contributed by atoms with Crippen molar-refractivity contribution >= 4 is 39.3 Å². The fourth-order valence-electron chi connectivity index (χ4n) is 2.78. The zero-order valence-corrected chi connectivity index (χ0v) is 13.8. The van der Waals surface area contributed by atoms with Crippen LogP contribution in [-0.4, -0.2) is 15.9 Å². The predicted molar refractivity (Wildman–Crippen MR) is 90.3 cm³/mol. The quantitative estimate of drug-likeness (QED) is 0.933. The number of nitrogens with zero attached hydrogens (tertiary/aromatic N) is 2. The molecular weight excluding hydrogens is 314 g/mol. The Balaban J connectivity index is 1.47. The van der Waals surface area contributed by atoms with Gasteiger partial charge in [0.05, 0.1) is 16.4 Å². The maximum absolute atomic E-state index is 12.4. The van der Waals surface area contributed by atoms with Crippen LogP contribution in [0.15, 0.2) is 23.1 Å². The average Bonchev–Trinajstić information content (AvgIpc) is 3.19. The maximum Gasteiger partial charge on any atom is 0.253 e. The fraction of sp³-hybridized carbons (Fsp3) is 0.312. The van der Waals surface area contributed by atoms with Crippen LogP contribution in [0.2, 0.25) is 0 Å². The Hall–Kier alpha value is -1.79. The average molecular weight is 329 g/mol. The third kappa shape index (κ3) is 2.53. The molecule has 0 unspecified atom stereocenters. The van der Waals surface area contributed by atoms with Gasteiger partial charge in [-0.3, -0.25) is 10.1 Å². The van der Waals surface area contributed by atoms with Gasteiger partial charge in [-0.25, -0.2) is 9.97 Å². The van der Waals surface area contributed by atoms with Crippen molar-refractivity contribution in [1.82, 2.24) is 9.97 Å². The number of carbonyl (C=O) groups is 1. The Bertz CT molecular complexity index is 792. The van der Waals surface area contributed by atoms with E-state index in [4.69, 9.17) is 0 Å². The van der Waals surface area contributed by atoms with Crippen LogP contribution >= 0.6 is 22.7 Å². The van der Waals surface area contributed by atoms with Gasteiger partial charge in [0, 0.05) is 15.8 Å². The lowest BCUT2D eigenvalue weighted by Crippen LogP contribution is -2.13. The lowest BCUT2D eigenvalue weighted by molar-refractivity contribution is -0.112. The highest BCUT2D eigenvalue weighted by Gasteiger charge is 2.20. The normalized spacial score (nSPS) is 16.4. The summed E-state index contributed by atoms with van der Waals surface area (Å²) in [5, 5.41) is 6.74. The van der Waals surface area contributed by atoms with Gasteiger partial charge in [-0.1, -0.05) is 6.08 Å². The largest absolute Gasteiger partial charge is 0.298 e. The molecule has 4 nitrogen and oxygen atoms in total. The number of rotatable bonds is 3. The predicted octanol–water partition coefficient (Wildman–Crippen LogP) is 3.75. The van der Waals surface area contributed by atoms with Crippen LogP contribution in [0, 0.1) is 6.92 Å². The summed E-state index contributed by atoms with van der Waals surface area (Å²) < 4.78 is 0. The smallest absolute Gasteiger partial charge is 0.253 e. The SMILES string of the molecule is Cc1nc(C2=CCC(C(=O)Nc3nc4c(s3)CCC4)=C2)cs1. The van der Waals surface area contributed by atoms with Crippen molar-refractivity contribution in [2.45, 2.75) is 32.6 Å². The molecule has 0 saturated carbocycles. The molecule has 0 fully saturated rings. The number of carbonyl (C=O) groups excluding carboxylic acids is 1. The van der Waals surface area contributed by atoms with Crippen LogP contribution in [0.1, 0.15) is 34.1 Å². The summed E-state index contributed by atoms with van der Waals surface area (Å²) >= 11 is 3.24. The number of hydrogen-bond acceptors (Lipinski definition) is 5. The summed E-state index contributed by atoms with van der Waals surface area (Å²) in [5.74, 6) is -0.0503. The molecule has 2 aromatic rings. The molecule has 22 heavy (non-hydrogen) atoms. The van der Waals surface area contributed by atoms with E-state index in [-0.39, 0.29) is 5.91 Å². The van der Waals surface area contributed by atoms with E-state index in [1.54, 1.807) is 22.7 Å². The topological polar surface area (TPSA) is 54.9 Å². The summed E-state index contributed by atoms with van der Waals surface area (Å²) in [7, 11) is 0. The van der Waals surface area contributed by atoms with Crippen molar-refractivity contribution in [3.8, 4) is 0 Å². The van der Waals surface area contributed by atoms with Crippen LogP contribution in [0.25, 0.3) is 5.57 Å². The number of fused-ring (bicyclic) bond motifs is 1. The first kappa shape index (κ1) is 13.8. The summed E-state index contributed by atoms with van der Waals surface area (Å²) in [4.78, 5) is 22.7. The molecule has 0 bridgehead atoms. The maximum atomic E-state index is 12.4. The highest BCUT2D eigenvalue weighted by atomic mass is 32.1.